The van der Waals surface area contributed by atoms with Crippen LogP contribution in [0.2, 0.25) is 0 Å². The Bertz CT molecular complexity index is 1400. The topological polar surface area (TPSA) is 110 Å². The minimum absolute atomic E-state index is 0.164. The zero-order valence-corrected chi connectivity index (χ0v) is 18.9. The minimum atomic E-state index is -4.95. The summed E-state index contributed by atoms with van der Waals surface area (Å²) in [6.45, 7) is 1.85. The number of rotatable bonds is 6. The van der Waals surface area contributed by atoms with Gasteiger partial charge < -0.3 is 10.6 Å². The van der Waals surface area contributed by atoms with Crippen LogP contribution in [0.1, 0.15) is 15.9 Å². The SMILES string of the molecule is Cc1ccc(NC(=O)c2cncc(S(=O)C(F)(F)F)c2)cc1Nc1nccc(-c2cccnc2)n1. The molecule has 0 radical (unpaired) electrons. The molecule has 0 aliphatic rings. The van der Waals surface area contributed by atoms with Gasteiger partial charge in [-0.1, -0.05) is 6.07 Å². The summed E-state index contributed by atoms with van der Waals surface area (Å²) in [6.07, 6.45) is 6.85. The van der Waals surface area contributed by atoms with Gasteiger partial charge in [-0.3, -0.25) is 14.8 Å². The summed E-state index contributed by atoms with van der Waals surface area (Å²) in [5.41, 5.74) is -1.82. The Morgan fingerprint density at radius 3 is 2.57 bits per heavy atom. The lowest BCUT2D eigenvalue weighted by Gasteiger charge is -2.12. The maximum atomic E-state index is 12.7. The molecule has 4 rings (SSSR count). The molecular weight excluding hydrogens is 481 g/mol. The van der Waals surface area contributed by atoms with Crippen molar-refractivity contribution in [2.75, 3.05) is 10.6 Å². The van der Waals surface area contributed by atoms with Crippen LogP contribution in [0.25, 0.3) is 11.3 Å². The van der Waals surface area contributed by atoms with Crippen LogP contribution >= 0.6 is 0 Å². The fraction of sp³-hybridized carbons (Fsp3) is 0.0870. The third-order valence-electron chi connectivity index (χ3n) is 4.75. The highest BCUT2D eigenvalue weighted by Crippen LogP contribution is 2.27. The monoisotopic (exact) mass is 498 g/mol. The van der Waals surface area contributed by atoms with Crippen molar-refractivity contribution in [3.63, 3.8) is 0 Å². The van der Waals surface area contributed by atoms with E-state index in [2.05, 4.69) is 30.6 Å². The van der Waals surface area contributed by atoms with Crippen LogP contribution in [0.4, 0.5) is 30.5 Å². The molecule has 0 aliphatic carbocycles. The molecule has 8 nitrogen and oxygen atoms in total. The van der Waals surface area contributed by atoms with Gasteiger partial charge in [0.25, 0.3) is 5.91 Å². The highest BCUT2D eigenvalue weighted by atomic mass is 32.2. The lowest BCUT2D eigenvalue weighted by Crippen LogP contribution is -2.18. The maximum absolute atomic E-state index is 12.7. The van der Waals surface area contributed by atoms with E-state index < -0.39 is 27.1 Å². The van der Waals surface area contributed by atoms with E-state index in [1.54, 1.807) is 48.9 Å². The van der Waals surface area contributed by atoms with Crippen LogP contribution < -0.4 is 10.6 Å². The van der Waals surface area contributed by atoms with Gasteiger partial charge in [-0.2, -0.15) is 13.2 Å². The molecule has 4 aromatic rings. The first-order chi connectivity index (χ1) is 16.7. The van der Waals surface area contributed by atoms with Crippen LogP contribution in [0.5, 0.6) is 0 Å². The molecule has 0 saturated heterocycles. The molecule has 0 aliphatic heterocycles. The first-order valence-electron chi connectivity index (χ1n) is 10.1. The summed E-state index contributed by atoms with van der Waals surface area (Å²) in [5.74, 6) is -0.382. The molecule has 0 fully saturated rings. The fourth-order valence-electron chi connectivity index (χ4n) is 3.03. The zero-order chi connectivity index (χ0) is 25.0. The van der Waals surface area contributed by atoms with Gasteiger partial charge in [0.1, 0.15) is 0 Å². The first kappa shape index (κ1) is 24.0. The van der Waals surface area contributed by atoms with Crippen molar-refractivity contribution in [1.29, 1.82) is 0 Å². The number of nitrogens with one attached hydrogen (secondary N) is 2. The van der Waals surface area contributed by atoms with Crippen LogP contribution in [0.3, 0.4) is 0 Å². The molecule has 3 heterocycles. The van der Waals surface area contributed by atoms with Crippen LogP contribution in [0.15, 0.2) is 78.3 Å². The molecule has 2 N–H and O–H groups in total. The largest absolute Gasteiger partial charge is 0.475 e. The molecule has 1 aromatic carbocycles. The number of aromatic nitrogens is 4. The average molecular weight is 498 g/mol. The quantitative estimate of drug-likeness (QED) is 0.390. The zero-order valence-electron chi connectivity index (χ0n) is 18.1. The average Bonchev–Trinajstić information content (AvgIpc) is 2.86. The van der Waals surface area contributed by atoms with Gasteiger partial charge in [0.05, 0.1) is 16.2 Å². The van der Waals surface area contributed by atoms with Gasteiger partial charge in [-0.25, -0.2) is 14.2 Å². The number of nitrogens with zero attached hydrogens (tertiary/aromatic N) is 4. The number of alkyl halides is 3. The van der Waals surface area contributed by atoms with E-state index in [4.69, 9.17) is 0 Å². The van der Waals surface area contributed by atoms with Crippen molar-refractivity contribution >= 4 is 34.0 Å². The number of carbonyl (C=O) groups is 1. The number of amides is 1. The maximum Gasteiger partial charge on any atom is 0.475 e. The molecule has 1 unspecified atom stereocenters. The molecule has 3 aromatic heterocycles. The van der Waals surface area contributed by atoms with Crippen molar-refractivity contribution in [3.05, 3.63) is 84.6 Å². The second kappa shape index (κ2) is 9.97. The number of hydrogen-bond donors (Lipinski definition) is 2. The van der Waals surface area contributed by atoms with Crippen LogP contribution in [-0.4, -0.2) is 35.6 Å². The fourth-order valence-corrected chi connectivity index (χ4v) is 3.69. The van der Waals surface area contributed by atoms with E-state index in [-0.39, 0.29) is 5.56 Å². The van der Waals surface area contributed by atoms with Gasteiger partial charge in [-0.05, 0) is 48.9 Å². The molecular formula is C23H17F3N6O2S. The summed E-state index contributed by atoms with van der Waals surface area (Å²) < 4.78 is 49.8. The van der Waals surface area contributed by atoms with Gasteiger partial charge in [0, 0.05) is 47.9 Å². The Morgan fingerprint density at radius 2 is 1.83 bits per heavy atom. The van der Waals surface area contributed by atoms with Crippen molar-refractivity contribution in [1.82, 2.24) is 19.9 Å². The molecule has 0 spiro atoms. The second-order valence-corrected chi connectivity index (χ2v) is 8.71. The highest BCUT2D eigenvalue weighted by molar-refractivity contribution is 7.86. The highest BCUT2D eigenvalue weighted by Gasteiger charge is 2.38. The van der Waals surface area contributed by atoms with E-state index in [1.165, 1.54) is 0 Å². The number of carbonyl (C=O) groups excluding carboxylic acids is 1. The third-order valence-corrected chi connectivity index (χ3v) is 5.83. The molecule has 0 bridgehead atoms. The number of pyridine rings is 2. The molecule has 12 heteroatoms. The van der Waals surface area contributed by atoms with Gasteiger partial charge in [-0.15, -0.1) is 0 Å². The number of aryl methyl sites for hydroxylation is 1. The summed E-state index contributed by atoms with van der Waals surface area (Å²) in [6, 6.07) is 11.3. The number of anilines is 3. The molecule has 35 heavy (non-hydrogen) atoms. The Kier molecular flexibility index (Phi) is 6.82. The predicted molar refractivity (Wildman–Crippen MR) is 124 cm³/mol. The minimum Gasteiger partial charge on any atom is -0.324 e. The van der Waals surface area contributed by atoms with E-state index in [9.17, 15) is 22.2 Å². The summed E-state index contributed by atoms with van der Waals surface area (Å²) in [4.78, 5) is 28.4. The van der Waals surface area contributed by atoms with Crippen molar-refractivity contribution in [2.24, 2.45) is 0 Å². The Balaban J connectivity index is 1.53. The normalized spacial score (nSPS) is 12.1. The van der Waals surface area contributed by atoms with Crippen molar-refractivity contribution in [2.45, 2.75) is 17.3 Å². The Hall–Kier alpha value is -4.19. The molecule has 178 valence electrons. The summed E-state index contributed by atoms with van der Waals surface area (Å²) in [7, 11) is -3.29. The predicted octanol–water partition coefficient (Wildman–Crippen LogP) is 4.87. The van der Waals surface area contributed by atoms with E-state index in [0.717, 1.165) is 29.6 Å². The number of halogens is 3. The standard InChI is InChI=1S/C23H17F3N6O2S/c1-14-4-5-17(30-21(33)16-9-18(13-28-12-16)35(34)23(24,25)26)10-20(14)32-22-29-8-6-19(31-22)15-3-2-7-27-11-15/h2-13H,1H3,(H,30,33)(H,29,31,32). The molecule has 1 atom stereocenters. The molecule has 1 amide bonds. The smallest absolute Gasteiger partial charge is 0.324 e. The molecule has 0 saturated carbocycles. The van der Waals surface area contributed by atoms with Gasteiger partial charge in [0.15, 0.2) is 10.8 Å². The summed E-state index contributed by atoms with van der Waals surface area (Å²) in [5, 5.41) is 5.71. The first-order valence-corrected chi connectivity index (χ1v) is 11.2. The van der Waals surface area contributed by atoms with Crippen LogP contribution in [-0.2, 0) is 10.8 Å². The third kappa shape index (κ3) is 5.84. The van der Waals surface area contributed by atoms with Crippen molar-refractivity contribution in [3.8, 4) is 11.3 Å². The van der Waals surface area contributed by atoms with Crippen molar-refractivity contribution < 1.29 is 22.2 Å². The number of hydrogen-bond acceptors (Lipinski definition) is 7. The number of benzene rings is 1. The van der Waals surface area contributed by atoms with Crippen LogP contribution in [0, 0.1) is 6.92 Å². The van der Waals surface area contributed by atoms with E-state index in [1.807, 2.05) is 13.0 Å². The Morgan fingerprint density at radius 1 is 1.00 bits per heavy atom. The van der Waals surface area contributed by atoms with E-state index in [0.29, 0.717) is 23.0 Å². The van der Waals surface area contributed by atoms with E-state index >= 15 is 0 Å². The summed E-state index contributed by atoms with van der Waals surface area (Å²) >= 11 is 0. The lowest BCUT2D eigenvalue weighted by atomic mass is 10.1. The lowest BCUT2D eigenvalue weighted by molar-refractivity contribution is -0.0384. The van der Waals surface area contributed by atoms with Gasteiger partial charge >= 0.3 is 5.51 Å². The second-order valence-electron chi connectivity index (χ2n) is 7.24. The Labute approximate surface area is 200 Å². The van der Waals surface area contributed by atoms with Gasteiger partial charge in [0.2, 0.25) is 5.95 Å².